The average Bonchev–Trinajstić information content (AvgIpc) is 1.82. The molecule has 3 heterocycles. The van der Waals surface area contributed by atoms with Crippen molar-refractivity contribution in [2.24, 2.45) is 118 Å². The maximum Gasteiger partial charge on any atom is 0.0934 e. The average molecular weight is 1460 g/mol. The highest BCUT2D eigenvalue weighted by Gasteiger charge is 2.33. The third-order valence-electron chi connectivity index (χ3n) is 30.6. The summed E-state index contributed by atoms with van der Waals surface area (Å²) in [6.07, 6.45) is 65.4. The number of piperidine rings is 2. The van der Waals surface area contributed by atoms with E-state index in [2.05, 4.69) is 92.9 Å². The largest absolute Gasteiger partial charge is 0.393 e. The van der Waals surface area contributed by atoms with Crippen LogP contribution in [-0.4, -0.2) is 123 Å². The Labute approximate surface area is 648 Å². The highest BCUT2D eigenvalue weighted by Crippen LogP contribution is 2.45. The van der Waals surface area contributed by atoms with Crippen LogP contribution in [-0.2, 0) is 18.9 Å². The molecule has 2 N–H and O–H groups in total. The maximum atomic E-state index is 10.2. The molecule has 3 aliphatic heterocycles. The van der Waals surface area contributed by atoms with E-state index in [1.807, 2.05) is 0 Å². The van der Waals surface area contributed by atoms with Gasteiger partial charge in [0.05, 0.1) is 37.6 Å². The summed E-state index contributed by atoms with van der Waals surface area (Å²) in [4.78, 5) is 5.04. The third kappa shape index (κ3) is 38.5. The number of rotatable bonds is 4. The van der Waals surface area contributed by atoms with Crippen LogP contribution in [0.5, 0.6) is 0 Å². The molecule has 4 aliphatic carbocycles. The molecule has 8 bridgehead atoms. The van der Waals surface area contributed by atoms with Crippen LogP contribution in [0.3, 0.4) is 0 Å². The molecule has 612 valence electrons. The smallest absolute Gasteiger partial charge is 0.0934 e. The molecule has 0 amide bonds. The van der Waals surface area contributed by atoms with Crippen molar-refractivity contribution in [3.05, 3.63) is 0 Å². The summed E-state index contributed by atoms with van der Waals surface area (Å²) >= 11 is 0. The summed E-state index contributed by atoms with van der Waals surface area (Å²) in [5, 5.41) is 20.5. The van der Waals surface area contributed by atoms with Gasteiger partial charge in [0.1, 0.15) is 0 Å². The Bertz CT molecular complexity index is 1920. The lowest BCUT2D eigenvalue weighted by atomic mass is 9.84. The lowest BCUT2D eigenvalue weighted by molar-refractivity contribution is -0.0445. The summed E-state index contributed by atoms with van der Waals surface area (Å²) in [7, 11) is 0. The number of fused-ring (bicyclic) bond motifs is 8. The zero-order valence-corrected chi connectivity index (χ0v) is 71.7. The quantitative estimate of drug-likeness (QED) is 0.288. The molecule has 0 spiro atoms. The van der Waals surface area contributed by atoms with Gasteiger partial charge in [0.2, 0.25) is 0 Å². The maximum absolute atomic E-state index is 10.2. The first-order valence-electron chi connectivity index (χ1n) is 47.5. The SMILES string of the molecule is CC1CCCC2CCC(C2)C(C)CCCC(C)CCC(C)CCCC(C)C2CCC(CCCC(C)CCOCC(CN3CCC(O)CC3)OCCC(C)CCCC3CCC(C3)C(C)CCCC(C)CCC(C)CCCC(C)C3CCC(CCCC(C)CCOC(CN4CCC(O)CC4)COCC1)C3)C2. The fourth-order valence-corrected chi connectivity index (χ4v) is 21.9. The molecule has 104 heavy (non-hydrogen) atoms. The first-order valence-corrected chi connectivity index (χ1v) is 47.5. The van der Waals surface area contributed by atoms with Crippen molar-refractivity contribution in [1.29, 1.82) is 0 Å². The van der Waals surface area contributed by atoms with Gasteiger partial charge in [-0.1, -0.05) is 289 Å². The molecule has 8 heteroatoms. The molecule has 4 saturated carbocycles. The summed E-state index contributed by atoms with van der Waals surface area (Å²) in [6, 6.07) is 0. The molecule has 7 aliphatic rings. The van der Waals surface area contributed by atoms with Gasteiger partial charge in [-0.3, -0.25) is 0 Å². The summed E-state index contributed by atoms with van der Waals surface area (Å²) in [6.45, 7) is 41.1. The standard InChI is InChI=1S/C96H182N2O6/c1-73-21-13-29-81(9)89-45-41-85(65-89)33-17-25-77(5)53-61-101-71-95(69-97-57-49-93(99)50-58-97)103-63-55-79(7)27-19-35-87-43-47-91(67-87)83(11)31-15-23-75(3)39-40-76(4)24-16-32-84(12)92-48-44-88(68-92)36-20-28-80(8)56-64-104-96(70-98-59-51-94(100)52-60-98)72-102-62-54-78(6)26-18-34-86-42-46-90(66-86)82(10)30-14-22-74(2)38-37-73/h73-96,99-100H,13-72H2,1-12H3. The number of likely N-dealkylation sites (tertiary alicyclic amines) is 2. The predicted octanol–water partition coefficient (Wildman–Crippen LogP) is 25.5. The van der Waals surface area contributed by atoms with Gasteiger partial charge in [-0.15, -0.1) is 0 Å². The molecule has 7 fully saturated rings. The van der Waals surface area contributed by atoms with Gasteiger partial charge in [0, 0.05) is 65.7 Å². The number of nitrogens with zero attached hydrogens (tertiary/aromatic N) is 2. The van der Waals surface area contributed by atoms with E-state index < -0.39 is 0 Å². The highest BCUT2D eigenvalue weighted by molar-refractivity contribution is 4.85. The highest BCUT2D eigenvalue weighted by atomic mass is 16.5. The lowest BCUT2D eigenvalue weighted by Gasteiger charge is -2.32. The zero-order valence-electron chi connectivity index (χ0n) is 71.7. The van der Waals surface area contributed by atoms with Crippen molar-refractivity contribution in [3.63, 3.8) is 0 Å². The molecular formula is C96H182N2O6. The topological polar surface area (TPSA) is 83.9 Å². The van der Waals surface area contributed by atoms with Crippen LogP contribution in [0.4, 0.5) is 0 Å². The molecule has 0 radical (unpaired) electrons. The number of hydrogen-bond acceptors (Lipinski definition) is 8. The van der Waals surface area contributed by atoms with Crippen molar-refractivity contribution < 1.29 is 29.2 Å². The van der Waals surface area contributed by atoms with E-state index in [4.69, 9.17) is 18.9 Å². The number of aliphatic hydroxyl groups excluding tert-OH is 2. The van der Waals surface area contributed by atoms with Gasteiger partial charge < -0.3 is 39.0 Å². The minimum Gasteiger partial charge on any atom is -0.393 e. The van der Waals surface area contributed by atoms with Gasteiger partial charge in [0.25, 0.3) is 0 Å². The lowest BCUT2D eigenvalue weighted by Crippen LogP contribution is -2.42. The molecule has 22 atom stereocenters. The number of ether oxygens (including phenoxy) is 4. The van der Waals surface area contributed by atoms with Gasteiger partial charge >= 0.3 is 0 Å². The van der Waals surface area contributed by atoms with E-state index in [0.717, 1.165) is 224 Å². The van der Waals surface area contributed by atoms with Crippen LogP contribution >= 0.6 is 0 Å². The van der Waals surface area contributed by atoms with Crippen LogP contribution in [0.1, 0.15) is 391 Å². The minimum absolute atomic E-state index is 0.120. The fourth-order valence-electron chi connectivity index (χ4n) is 21.9. The molecule has 22 unspecified atom stereocenters. The van der Waals surface area contributed by atoms with Gasteiger partial charge in [-0.05, 0) is 221 Å². The molecule has 0 aromatic carbocycles. The monoisotopic (exact) mass is 1460 g/mol. The Morgan fingerprint density at radius 2 is 0.471 bits per heavy atom. The van der Waals surface area contributed by atoms with Crippen LogP contribution < -0.4 is 0 Å². The molecule has 0 aromatic rings. The molecule has 3 saturated heterocycles. The van der Waals surface area contributed by atoms with Crippen LogP contribution in [0, 0.1) is 118 Å². The Hall–Kier alpha value is -0.320. The van der Waals surface area contributed by atoms with Crippen LogP contribution in [0.25, 0.3) is 0 Å². The molecule has 7 rings (SSSR count). The Balaban J connectivity index is 0.801. The molecule has 0 aromatic heterocycles. The molecule has 8 nitrogen and oxygen atoms in total. The van der Waals surface area contributed by atoms with E-state index >= 15 is 0 Å². The summed E-state index contributed by atoms with van der Waals surface area (Å²) in [5.41, 5.74) is 0. The van der Waals surface area contributed by atoms with E-state index in [-0.39, 0.29) is 24.4 Å². The summed E-state index contributed by atoms with van der Waals surface area (Å²) in [5.74, 6) is 17.6. The van der Waals surface area contributed by atoms with E-state index in [1.165, 1.54) is 257 Å². The minimum atomic E-state index is -0.138. The van der Waals surface area contributed by atoms with Crippen molar-refractivity contribution in [2.45, 2.75) is 416 Å². The predicted molar refractivity (Wildman–Crippen MR) is 446 cm³/mol. The fraction of sp³-hybridized carbons (Fsp3) is 1.00. The van der Waals surface area contributed by atoms with Crippen LogP contribution in [0.15, 0.2) is 0 Å². The van der Waals surface area contributed by atoms with E-state index in [1.54, 1.807) is 0 Å². The third-order valence-corrected chi connectivity index (χ3v) is 30.6. The second kappa shape index (κ2) is 52.9. The zero-order chi connectivity index (χ0) is 74.3. The Kier molecular flexibility index (Phi) is 46.2. The summed E-state index contributed by atoms with van der Waals surface area (Å²) < 4.78 is 26.4. The Morgan fingerprint density at radius 1 is 0.240 bits per heavy atom. The van der Waals surface area contributed by atoms with Crippen molar-refractivity contribution >= 4 is 0 Å². The number of hydrogen-bond donors (Lipinski definition) is 2. The van der Waals surface area contributed by atoms with Crippen LogP contribution in [0.2, 0.25) is 0 Å². The van der Waals surface area contributed by atoms with Gasteiger partial charge in [0.15, 0.2) is 0 Å². The Morgan fingerprint density at radius 3 is 0.731 bits per heavy atom. The van der Waals surface area contributed by atoms with E-state index in [9.17, 15) is 10.2 Å². The van der Waals surface area contributed by atoms with Gasteiger partial charge in [-0.25, -0.2) is 0 Å². The number of aliphatic hydroxyl groups is 2. The second-order valence-corrected chi connectivity index (χ2v) is 40.5. The van der Waals surface area contributed by atoms with Crippen molar-refractivity contribution in [2.75, 3.05) is 78.9 Å². The first-order chi connectivity index (χ1) is 50.3. The molecular weight excluding hydrogens is 1280 g/mol. The van der Waals surface area contributed by atoms with Crippen molar-refractivity contribution in [1.82, 2.24) is 9.80 Å². The van der Waals surface area contributed by atoms with E-state index in [0.29, 0.717) is 25.0 Å². The second-order valence-electron chi connectivity index (χ2n) is 40.5. The first kappa shape index (κ1) is 90.9. The van der Waals surface area contributed by atoms with Crippen molar-refractivity contribution in [3.8, 4) is 0 Å². The normalized spacial score (nSPS) is 39.9. The van der Waals surface area contributed by atoms with Gasteiger partial charge in [-0.2, -0.15) is 0 Å².